The van der Waals surface area contributed by atoms with Gasteiger partial charge in [0.2, 0.25) is 0 Å². The van der Waals surface area contributed by atoms with Crippen LogP contribution in [0.2, 0.25) is 0 Å². The van der Waals surface area contributed by atoms with Crippen molar-refractivity contribution in [1.29, 1.82) is 0 Å². The second-order valence-corrected chi connectivity index (χ2v) is 3.17. The minimum atomic E-state index is 0.0912. The zero-order valence-electron chi connectivity index (χ0n) is 7.40. The van der Waals surface area contributed by atoms with Crippen molar-refractivity contribution < 1.29 is 4.52 Å². The molecule has 4 nitrogen and oxygen atoms in total. The van der Waals surface area contributed by atoms with Gasteiger partial charge < -0.3 is 10.3 Å². The number of nitrogens with zero attached hydrogens (tertiary/aromatic N) is 2. The number of aromatic nitrogens is 2. The Bertz CT molecular complexity index is 408. The molecule has 2 aromatic heterocycles. The predicted molar refractivity (Wildman–Crippen MR) is 49.2 cm³/mol. The van der Waals surface area contributed by atoms with E-state index in [2.05, 4.69) is 10.1 Å². The van der Waals surface area contributed by atoms with E-state index in [4.69, 9.17) is 10.3 Å². The summed E-state index contributed by atoms with van der Waals surface area (Å²) in [5.41, 5.74) is 7.14. The molecule has 2 heterocycles. The van der Waals surface area contributed by atoms with Crippen molar-refractivity contribution in [3.8, 4) is 0 Å². The molecule has 0 aliphatic heterocycles. The molecule has 0 amide bonds. The van der Waals surface area contributed by atoms with Gasteiger partial charge in [0.1, 0.15) is 0 Å². The molecule has 0 aliphatic carbocycles. The molecule has 2 rings (SSSR count). The molecular formula is C9H11N3O. The Hall–Kier alpha value is -1.42. The lowest BCUT2D eigenvalue weighted by Gasteiger charge is -1.99. The molecule has 2 aromatic rings. The maximum atomic E-state index is 5.67. The normalized spacial score (nSPS) is 13.4. The van der Waals surface area contributed by atoms with Crippen LogP contribution in [0, 0.1) is 0 Å². The largest absolute Gasteiger partial charge is 0.336 e. The van der Waals surface area contributed by atoms with Gasteiger partial charge in [0.05, 0.1) is 11.1 Å². The maximum absolute atomic E-state index is 5.67. The summed E-state index contributed by atoms with van der Waals surface area (Å²) in [5.74, 6) is 0. The standard InChI is InChI=1S/C9H11N3O/c1-6(10)5-8-7-3-2-4-11-9(7)13-12-8/h2-4,6H,5,10H2,1H3. The summed E-state index contributed by atoms with van der Waals surface area (Å²) in [6.45, 7) is 1.94. The quantitative estimate of drug-likeness (QED) is 0.746. The molecule has 2 N–H and O–H groups in total. The Morgan fingerprint density at radius 2 is 2.46 bits per heavy atom. The number of pyridine rings is 1. The minimum Gasteiger partial charge on any atom is -0.336 e. The minimum absolute atomic E-state index is 0.0912. The Morgan fingerprint density at radius 3 is 3.23 bits per heavy atom. The van der Waals surface area contributed by atoms with Gasteiger partial charge in [0, 0.05) is 18.7 Å². The maximum Gasteiger partial charge on any atom is 0.257 e. The predicted octanol–water partition coefficient (Wildman–Crippen LogP) is 1.11. The lowest BCUT2D eigenvalue weighted by Crippen LogP contribution is -2.17. The first-order chi connectivity index (χ1) is 6.27. The third-order valence-corrected chi connectivity index (χ3v) is 1.84. The van der Waals surface area contributed by atoms with Gasteiger partial charge in [-0.15, -0.1) is 0 Å². The van der Waals surface area contributed by atoms with Crippen molar-refractivity contribution in [3.63, 3.8) is 0 Å². The smallest absolute Gasteiger partial charge is 0.257 e. The van der Waals surface area contributed by atoms with Gasteiger partial charge in [-0.2, -0.15) is 0 Å². The van der Waals surface area contributed by atoms with Crippen LogP contribution < -0.4 is 5.73 Å². The van der Waals surface area contributed by atoms with E-state index < -0.39 is 0 Å². The molecule has 0 spiro atoms. The van der Waals surface area contributed by atoms with Crippen LogP contribution in [0.5, 0.6) is 0 Å². The molecule has 0 aliphatic rings. The van der Waals surface area contributed by atoms with Gasteiger partial charge in [-0.05, 0) is 19.1 Å². The molecule has 0 fully saturated rings. The average Bonchev–Trinajstić information content (AvgIpc) is 2.48. The third kappa shape index (κ3) is 1.53. The van der Waals surface area contributed by atoms with E-state index in [1.54, 1.807) is 6.20 Å². The lowest BCUT2D eigenvalue weighted by atomic mass is 10.1. The van der Waals surface area contributed by atoms with Gasteiger partial charge in [-0.3, -0.25) is 0 Å². The lowest BCUT2D eigenvalue weighted by molar-refractivity contribution is 0.436. The highest BCUT2D eigenvalue weighted by Crippen LogP contribution is 2.16. The summed E-state index contributed by atoms with van der Waals surface area (Å²) in [4.78, 5) is 4.04. The number of nitrogens with two attached hydrogens (primary N) is 1. The summed E-state index contributed by atoms with van der Waals surface area (Å²) in [6, 6.07) is 3.90. The average molecular weight is 177 g/mol. The Labute approximate surface area is 75.7 Å². The SMILES string of the molecule is CC(N)Cc1noc2ncccc12. The highest BCUT2D eigenvalue weighted by Gasteiger charge is 2.09. The first kappa shape index (κ1) is 8.19. The van der Waals surface area contributed by atoms with Crippen molar-refractivity contribution in [2.75, 3.05) is 0 Å². The molecule has 0 aromatic carbocycles. The van der Waals surface area contributed by atoms with Gasteiger partial charge in [0.25, 0.3) is 5.71 Å². The molecule has 0 bridgehead atoms. The second-order valence-electron chi connectivity index (χ2n) is 3.17. The zero-order valence-corrected chi connectivity index (χ0v) is 7.40. The number of hydrogen-bond acceptors (Lipinski definition) is 4. The number of rotatable bonds is 2. The van der Waals surface area contributed by atoms with E-state index >= 15 is 0 Å². The summed E-state index contributed by atoms with van der Waals surface area (Å²) in [6.07, 6.45) is 2.40. The fourth-order valence-electron chi connectivity index (χ4n) is 1.28. The van der Waals surface area contributed by atoms with Crippen molar-refractivity contribution in [2.24, 2.45) is 5.73 Å². The first-order valence-corrected chi connectivity index (χ1v) is 4.22. The fourth-order valence-corrected chi connectivity index (χ4v) is 1.28. The van der Waals surface area contributed by atoms with Gasteiger partial charge in [-0.25, -0.2) is 4.98 Å². The van der Waals surface area contributed by atoms with E-state index in [1.165, 1.54) is 0 Å². The van der Waals surface area contributed by atoms with E-state index in [9.17, 15) is 0 Å². The van der Waals surface area contributed by atoms with Crippen molar-refractivity contribution in [1.82, 2.24) is 10.1 Å². The van der Waals surface area contributed by atoms with E-state index in [0.29, 0.717) is 5.71 Å². The highest BCUT2D eigenvalue weighted by atomic mass is 16.5. The monoisotopic (exact) mass is 177 g/mol. The summed E-state index contributed by atoms with van der Waals surface area (Å²) in [7, 11) is 0. The Morgan fingerprint density at radius 1 is 1.62 bits per heavy atom. The zero-order chi connectivity index (χ0) is 9.26. The molecule has 0 radical (unpaired) electrons. The van der Waals surface area contributed by atoms with E-state index in [0.717, 1.165) is 17.5 Å². The molecule has 0 saturated carbocycles. The van der Waals surface area contributed by atoms with Crippen LogP contribution in [0.15, 0.2) is 22.9 Å². The molecule has 13 heavy (non-hydrogen) atoms. The molecule has 1 atom stereocenters. The summed E-state index contributed by atoms with van der Waals surface area (Å²) in [5, 5.41) is 4.88. The van der Waals surface area contributed by atoms with Crippen LogP contribution in [0.3, 0.4) is 0 Å². The molecule has 1 unspecified atom stereocenters. The van der Waals surface area contributed by atoms with Gasteiger partial charge in [0.15, 0.2) is 0 Å². The highest BCUT2D eigenvalue weighted by molar-refractivity contribution is 5.75. The summed E-state index contributed by atoms with van der Waals surface area (Å²) < 4.78 is 5.03. The Balaban J connectivity index is 2.46. The second kappa shape index (κ2) is 3.14. The van der Waals surface area contributed by atoms with Crippen LogP contribution in [-0.4, -0.2) is 16.2 Å². The Kier molecular flexibility index (Phi) is 1.98. The van der Waals surface area contributed by atoms with Crippen molar-refractivity contribution in [2.45, 2.75) is 19.4 Å². The van der Waals surface area contributed by atoms with Crippen molar-refractivity contribution >= 4 is 11.1 Å². The molecule has 4 heteroatoms. The number of hydrogen-bond donors (Lipinski definition) is 1. The topological polar surface area (TPSA) is 64.9 Å². The van der Waals surface area contributed by atoms with E-state index in [1.807, 2.05) is 19.1 Å². The van der Waals surface area contributed by atoms with Crippen LogP contribution in [-0.2, 0) is 6.42 Å². The van der Waals surface area contributed by atoms with Gasteiger partial charge in [-0.1, -0.05) is 5.16 Å². The van der Waals surface area contributed by atoms with Crippen LogP contribution in [0.25, 0.3) is 11.1 Å². The molecular weight excluding hydrogens is 166 g/mol. The van der Waals surface area contributed by atoms with Gasteiger partial charge >= 0.3 is 0 Å². The first-order valence-electron chi connectivity index (χ1n) is 4.22. The van der Waals surface area contributed by atoms with Crippen LogP contribution in [0.1, 0.15) is 12.6 Å². The van der Waals surface area contributed by atoms with Crippen molar-refractivity contribution in [3.05, 3.63) is 24.0 Å². The number of fused-ring (bicyclic) bond motifs is 1. The van der Waals surface area contributed by atoms with Crippen LogP contribution in [0.4, 0.5) is 0 Å². The van der Waals surface area contributed by atoms with E-state index in [-0.39, 0.29) is 6.04 Å². The fraction of sp³-hybridized carbons (Fsp3) is 0.333. The summed E-state index contributed by atoms with van der Waals surface area (Å²) >= 11 is 0. The third-order valence-electron chi connectivity index (χ3n) is 1.84. The molecule has 68 valence electrons. The molecule has 0 saturated heterocycles. The van der Waals surface area contributed by atoms with Crippen LogP contribution >= 0.6 is 0 Å².